The van der Waals surface area contributed by atoms with Gasteiger partial charge in [0, 0.05) is 19.8 Å². The lowest BCUT2D eigenvalue weighted by Gasteiger charge is -2.31. The molecule has 0 saturated heterocycles. The van der Waals surface area contributed by atoms with Gasteiger partial charge in [0.05, 0.1) is 0 Å². The summed E-state index contributed by atoms with van der Waals surface area (Å²) in [6.45, 7) is 9.10. The first-order chi connectivity index (χ1) is 10.2. The molecule has 0 amide bonds. The highest BCUT2D eigenvalue weighted by Gasteiger charge is 2.49. The van der Waals surface area contributed by atoms with Crippen LogP contribution >= 0.6 is 0 Å². The molecule has 1 unspecified atom stereocenters. The summed E-state index contributed by atoms with van der Waals surface area (Å²) in [5.74, 6) is -1.10. The summed E-state index contributed by atoms with van der Waals surface area (Å²) >= 11 is 0. The first kappa shape index (κ1) is 21.0. The summed E-state index contributed by atoms with van der Waals surface area (Å²) in [4.78, 5) is 0. The van der Waals surface area contributed by atoms with E-state index in [0.717, 1.165) is 12.8 Å². The maximum atomic E-state index is 14.6. The third-order valence-electron chi connectivity index (χ3n) is 3.48. The molecule has 0 fully saturated rings. The molecule has 1 atom stereocenters. The van der Waals surface area contributed by atoms with Crippen molar-refractivity contribution in [2.24, 2.45) is 0 Å². The van der Waals surface area contributed by atoms with E-state index in [-0.39, 0.29) is 0 Å². The molecular weight excluding hydrogens is 287 g/mol. The highest BCUT2D eigenvalue weighted by molar-refractivity contribution is 6.62. The molecule has 0 rings (SSSR count). The Morgan fingerprint density at radius 3 is 1.57 bits per heavy atom. The Hall–Kier alpha value is 0.0269. The van der Waals surface area contributed by atoms with E-state index in [0.29, 0.717) is 26.2 Å². The van der Waals surface area contributed by atoms with Crippen LogP contribution in [0.4, 0.5) is 4.39 Å². The molecule has 0 aromatic carbocycles. The van der Waals surface area contributed by atoms with Crippen molar-refractivity contribution in [2.75, 3.05) is 19.8 Å². The van der Waals surface area contributed by atoms with Crippen molar-refractivity contribution in [2.45, 2.75) is 84.9 Å². The number of hydrogen-bond donors (Lipinski definition) is 0. The van der Waals surface area contributed by atoms with Crippen molar-refractivity contribution in [3.63, 3.8) is 0 Å². The fraction of sp³-hybridized carbons (Fsp3) is 1.00. The summed E-state index contributed by atoms with van der Waals surface area (Å²) in [6.07, 6.45) is 8.77. The van der Waals surface area contributed by atoms with Crippen LogP contribution in [0, 0.1) is 0 Å². The molecule has 0 radical (unpaired) electrons. The Balaban J connectivity index is 4.11. The van der Waals surface area contributed by atoms with Gasteiger partial charge in [0.25, 0.3) is 0 Å². The first-order valence-electron chi connectivity index (χ1n) is 8.72. The molecule has 0 saturated carbocycles. The van der Waals surface area contributed by atoms with Gasteiger partial charge in [-0.05, 0) is 27.2 Å². The second kappa shape index (κ2) is 13.7. The minimum absolute atomic E-state index is 0.434. The summed E-state index contributed by atoms with van der Waals surface area (Å²) in [7, 11) is -3.15. The molecule has 3 nitrogen and oxygen atoms in total. The second-order valence-electron chi connectivity index (χ2n) is 5.28. The van der Waals surface area contributed by atoms with Gasteiger partial charge in [-0.2, -0.15) is 0 Å². The van der Waals surface area contributed by atoms with Crippen molar-refractivity contribution in [3.05, 3.63) is 0 Å². The number of rotatable bonds is 15. The lowest BCUT2D eigenvalue weighted by Crippen LogP contribution is -2.54. The van der Waals surface area contributed by atoms with Gasteiger partial charge in [0.2, 0.25) is 0 Å². The number of alkyl halides is 1. The molecule has 5 heteroatoms. The fourth-order valence-electron chi connectivity index (χ4n) is 2.46. The highest BCUT2D eigenvalue weighted by atomic mass is 28.4. The third-order valence-corrected chi connectivity index (χ3v) is 6.61. The SMILES string of the molecule is CCCCCCCCCC(F)[Si](OCC)(OCC)OCC. The van der Waals surface area contributed by atoms with Gasteiger partial charge in [0.1, 0.15) is 0 Å². The Bertz CT molecular complexity index is 213. The molecule has 0 aromatic heterocycles. The van der Waals surface area contributed by atoms with Crippen molar-refractivity contribution >= 4 is 8.80 Å². The standard InChI is InChI=1S/C16H35FO3Si/c1-5-9-10-11-12-13-14-15-16(17)21(18-6-2,19-7-3)20-8-4/h16H,5-15H2,1-4H3. The van der Waals surface area contributed by atoms with Crippen LogP contribution in [0.2, 0.25) is 0 Å². The van der Waals surface area contributed by atoms with Gasteiger partial charge in [0.15, 0.2) is 5.79 Å². The van der Waals surface area contributed by atoms with E-state index in [9.17, 15) is 4.39 Å². The van der Waals surface area contributed by atoms with Gasteiger partial charge in [-0.1, -0.05) is 51.9 Å². The molecule has 0 spiro atoms. The molecular formula is C16H35FO3Si. The normalized spacial score (nSPS) is 13.6. The van der Waals surface area contributed by atoms with Crippen molar-refractivity contribution in [1.29, 1.82) is 0 Å². The Kier molecular flexibility index (Phi) is 13.7. The van der Waals surface area contributed by atoms with Gasteiger partial charge < -0.3 is 13.3 Å². The van der Waals surface area contributed by atoms with Crippen molar-refractivity contribution in [1.82, 2.24) is 0 Å². The largest absolute Gasteiger partial charge is 0.537 e. The monoisotopic (exact) mass is 322 g/mol. The Morgan fingerprint density at radius 1 is 0.714 bits per heavy atom. The molecule has 0 aliphatic rings. The summed E-state index contributed by atoms with van der Waals surface area (Å²) < 4.78 is 31.4. The maximum Gasteiger partial charge on any atom is 0.537 e. The lowest BCUT2D eigenvalue weighted by atomic mass is 10.1. The summed E-state index contributed by atoms with van der Waals surface area (Å²) in [6, 6.07) is 0. The van der Waals surface area contributed by atoms with E-state index >= 15 is 0 Å². The van der Waals surface area contributed by atoms with Gasteiger partial charge >= 0.3 is 8.80 Å². The second-order valence-corrected chi connectivity index (χ2v) is 7.98. The average molecular weight is 323 g/mol. The van der Waals surface area contributed by atoms with Crippen LogP contribution in [-0.4, -0.2) is 34.4 Å². The van der Waals surface area contributed by atoms with Gasteiger partial charge in [-0.15, -0.1) is 0 Å². The first-order valence-corrected chi connectivity index (χ1v) is 10.5. The third kappa shape index (κ3) is 8.91. The van der Waals surface area contributed by atoms with E-state index in [1.165, 1.54) is 32.1 Å². The fourth-order valence-corrected chi connectivity index (χ4v) is 5.01. The average Bonchev–Trinajstić information content (AvgIpc) is 2.46. The smallest absolute Gasteiger partial charge is 0.372 e. The number of hydrogen-bond acceptors (Lipinski definition) is 3. The van der Waals surface area contributed by atoms with Crippen LogP contribution in [0.25, 0.3) is 0 Å². The lowest BCUT2D eigenvalue weighted by molar-refractivity contribution is 0.0415. The molecule has 0 aliphatic carbocycles. The van der Waals surface area contributed by atoms with Crippen LogP contribution in [0.1, 0.15) is 79.1 Å². The van der Waals surface area contributed by atoms with Crippen LogP contribution < -0.4 is 0 Å². The molecule has 0 N–H and O–H groups in total. The Labute approximate surface area is 131 Å². The molecule has 0 heterocycles. The van der Waals surface area contributed by atoms with Crippen LogP contribution in [0.5, 0.6) is 0 Å². The van der Waals surface area contributed by atoms with E-state index in [2.05, 4.69) is 6.92 Å². The van der Waals surface area contributed by atoms with Crippen LogP contribution in [-0.2, 0) is 13.3 Å². The van der Waals surface area contributed by atoms with Crippen LogP contribution in [0.15, 0.2) is 0 Å². The van der Waals surface area contributed by atoms with E-state index in [1.54, 1.807) is 0 Å². The maximum absolute atomic E-state index is 14.6. The molecule has 0 aromatic rings. The van der Waals surface area contributed by atoms with E-state index in [1.807, 2.05) is 20.8 Å². The predicted molar refractivity (Wildman–Crippen MR) is 88.1 cm³/mol. The van der Waals surface area contributed by atoms with Gasteiger partial charge in [-0.3, -0.25) is 0 Å². The number of halogens is 1. The highest BCUT2D eigenvalue weighted by Crippen LogP contribution is 2.23. The molecule has 0 aliphatic heterocycles. The minimum Gasteiger partial charge on any atom is -0.372 e. The summed E-state index contributed by atoms with van der Waals surface area (Å²) in [5.41, 5.74) is 0. The van der Waals surface area contributed by atoms with Crippen molar-refractivity contribution in [3.8, 4) is 0 Å². The number of unbranched alkanes of at least 4 members (excludes halogenated alkanes) is 6. The zero-order chi connectivity index (χ0) is 16.0. The van der Waals surface area contributed by atoms with Crippen molar-refractivity contribution < 1.29 is 17.7 Å². The topological polar surface area (TPSA) is 27.7 Å². The molecule has 21 heavy (non-hydrogen) atoms. The minimum atomic E-state index is -3.15. The zero-order valence-corrected chi connectivity index (χ0v) is 15.5. The summed E-state index contributed by atoms with van der Waals surface area (Å²) in [5, 5.41) is 0. The Morgan fingerprint density at radius 2 is 1.14 bits per heavy atom. The zero-order valence-electron chi connectivity index (χ0n) is 14.5. The van der Waals surface area contributed by atoms with E-state index in [4.69, 9.17) is 13.3 Å². The molecule has 0 bridgehead atoms. The van der Waals surface area contributed by atoms with E-state index < -0.39 is 14.6 Å². The van der Waals surface area contributed by atoms with Gasteiger partial charge in [-0.25, -0.2) is 4.39 Å². The quantitative estimate of drug-likeness (QED) is 0.312. The van der Waals surface area contributed by atoms with Crippen LogP contribution in [0.3, 0.4) is 0 Å². The molecule has 128 valence electrons. The predicted octanol–water partition coefficient (Wildman–Crippen LogP) is 5.05.